The van der Waals surface area contributed by atoms with Crippen molar-refractivity contribution in [3.63, 3.8) is 0 Å². The monoisotopic (exact) mass is 1360 g/mol. The van der Waals surface area contributed by atoms with Crippen molar-refractivity contribution < 1.29 is 0 Å². The Balaban J connectivity index is 0.861. The minimum atomic E-state index is -0.235. The average molecular weight is 1360 g/mol. The molecule has 14 aromatic carbocycles. The molecule has 2 heteroatoms. The number of nitrogens with zero attached hydrogens (tertiary/aromatic N) is 2. The van der Waals surface area contributed by atoms with Gasteiger partial charge in [-0.25, -0.2) is 0 Å². The van der Waals surface area contributed by atoms with Crippen LogP contribution in [0.2, 0.25) is 0 Å². The van der Waals surface area contributed by atoms with Crippen molar-refractivity contribution in [3.8, 4) is 77.9 Å². The molecule has 0 N–H and O–H groups in total. The Hall–Kier alpha value is -11.3. The van der Waals surface area contributed by atoms with Gasteiger partial charge in [0.25, 0.3) is 0 Å². The van der Waals surface area contributed by atoms with E-state index in [-0.39, 0.29) is 32.5 Å². The lowest BCUT2D eigenvalue weighted by atomic mass is 9.78. The zero-order valence-corrected chi connectivity index (χ0v) is 62.9. The molecule has 7 aliphatic rings. The van der Waals surface area contributed by atoms with Gasteiger partial charge in [-0.3, -0.25) is 0 Å². The number of hydrogen-bond acceptors (Lipinski definition) is 2. The summed E-state index contributed by atoms with van der Waals surface area (Å²) in [6.07, 6.45) is 6.94. The van der Waals surface area contributed by atoms with Gasteiger partial charge in [-0.15, -0.1) is 0 Å². The van der Waals surface area contributed by atoms with Crippen LogP contribution in [0.3, 0.4) is 0 Å². The zero-order valence-electron chi connectivity index (χ0n) is 62.9. The van der Waals surface area contributed by atoms with Gasteiger partial charge in [0.05, 0.1) is 0 Å². The van der Waals surface area contributed by atoms with Crippen molar-refractivity contribution >= 4 is 61.2 Å². The summed E-state index contributed by atoms with van der Waals surface area (Å²) in [6, 6.07) is 105. The van der Waals surface area contributed by atoms with Gasteiger partial charge in [-0.1, -0.05) is 283 Å². The summed E-state index contributed by atoms with van der Waals surface area (Å²) >= 11 is 0. The van der Waals surface area contributed by atoms with Crippen molar-refractivity contribution in [1.82, 2.24) is 0 Å². The summed E-state index contributed by atoms with van der Waals surface area (Å²) in [5.41, 5.74) is 43.0. The molecule has 0 bridgehead atoms. The Morgan fingerprint density at radius 3 is 0.934 bits per heavy atom. The first-order valence-corrected chi connectivity index (χ1v) is 38.5. The maximum atomic E-state index is 2.60. The normalized spacial score (nSPS) is 17.0. The van der Waals surface area contributed by atoms with Crippen molar-refractivity contribution in [2.24, 2.45) is 0 Å². The Morgan fingerprint density at radius 1 is 0.226 bits per heavy atom. The van der Waals surface area contributed by atoms with E-state index in [0.29, 0.717) is 0 Å². The molecule has 21 rings (SSSR count). The van der Waals surface area contributed by atoms with E-state index in [4.69, 9.17) is 0 Å². The highest BCUT2D eigenvalue weighted by Gasteiger charge is 2.43. The highest BCUT2D eigenvalue weighted by atomic mass is 15.1. The first kappa shape index (κ1) is 63.2. The molecule has 0 radical (unpaired) electrons. The Bertz CT molecular complexity index is 6240. The average Bonchev–Trinajstić information content (AvgIpc) is 1.56. The van der Waals surface area contributed by atoms with Crippen molar-refractivity contribution in [2.75, 3.05) is 9.80 Å². The van der Waals surface area contributed by atoms with Crippen molar-refractivity contribution in [1.29, 1.82) is 0 Å². The van der Waals surface area contributed by atoms with Gasteiger partial charge in [0.2, 0.25) is 0 Å². The van der Waals surface area contributed by atoms with Crippen LogP contribution in [-0.4, -0.2) is 0 Å². The summed E-state index contributed by atoms with van der Waals surface area (Å²) in [5.74, 6) is 0. The second-order valence-electron chi connectivity index (χ2n) is 34.6. The summed E-state index contributed by atoms with van der Waals surface area (Å²) in [5, 5.41) is 4.84. The highest BCUT2D eigenvalue weighted by molar-refractivity contribution is 6.23. The minimum absolute atomic E-state index is 0.129. The van der Waals surface area contributed by atoms with Crippen LogP contribution in [0.4, 0.5) is 34.1 Å². The smallest absolute Gasteiger partial charge is 0.0468 e. The summed E-state index contributed by atoms with van der Waals surface area (Å²) in [4.78, 5) is 5.18. The lowest BCUT2D eigenvalue weighted by Gasteiger charge is -2.31. The Labute approximate surface area is 624 Å². The molecule has 0 spiro atoms. The molecule has 0 aliphatic heterocycles. The number of hydrogen-bond donors (Lipinski definition) is 0. The fourth-order valence-electron chi connectivity index (χ4n) is 21.4. The number of rotatable bonds is 8. The van der Waals surface area contributed by atoms with Crippen LogP contribution in [0.1, 0.15) is 163 Å². The summed E-state index contributed by atoms with van der Waals surface area (Å²) in [7, 11) is 0. The Kier molecular flexibility index (Phi) is 12.9. The fraction of sp³-hybridized carbons (Fsp3) is 0.192. The van der Waals surface area contributed by atoms with Crippen LogP contribution in [0.5, 0.6) is 0 Å². The number of benzene rings is 14. The fourth-order valence-corrected chi connectivity index (χ4v) is 21.4. The third-order valence-corrected chi connectivity index (χ3v) is 27.0. The first-order valence-electron chi connectivity index (χ1n) is 38.5. The molecule has 106 heavy (non-hydrogen) atoms. The van der Waals surface area contributed by atoms with E-state index < -0.39 is 0 Å². The summed E-state index contributed by atoms with van der Waals surface area (Å²) in [6.45, 7) is 29.1. The number of allylic oxidation sites excluding steroid dienone is 4. The molecule has 0 saturated heterocycles. The van der Waals surface area contributed by atoms with Gasteiger partial charge < -0.3 is 9.80 Å². The van der Waals surface area contributed by atoms with E-state index >= 15 is 0 Å². The minimum Gasteiger partial charge on any atom is -0.310 e. The Morgan fingerprint density at radius 2 is 0.519 bits per heavy atom. The largest absolute Gasteiger partial charge is 0.310 e. The molecule has 512 valence electrons. The topological polar surface area (TPSA) is 6.48 Å². The van der Waals surface area contributed by atoms with Gasteiger partial charge >= 0.3 is 0 Å². The predicted molar refractivity (Wildman–Crippen MR) is 448 cm³/mol. The molecule has 2 nitrogen and oxygen atoms in total. The van der Waals surface area contributed by atoms with Gasteiger partial charge in [0.15, 0.2) is 0 Å². The molecule has 7 aliphatic carbocycles. The molecular weight excluding hydrogens is 1280 g/mol. The van der Waals surface area contributed by atoms with E-state index in [1.807, 2.05) is 0 Å². The second-order valence-corrected chi connectivity index (χ2v) is 34.6. The highest BCUT2D eigenvalue weighted by Crippen LogP contribution is 2.60. The van der Waals surface area contributed by atoms with E-state index in [1.165, 1.54) is 172 Å². The standard InChI is InChI=1S/C104H86N2/c1-99(2)90-36-24-18-30-74(90)82-53-61(38-52-91(82)99)97-80-50-43-64(106(67-41-48-78-72-28-16-22-34-88(72)103(9,10)95(78)59-67)68-42-49-79-73-29-17-23-35-89(73)104(11,12)96(79)60-68)56-84(80)98(62-37-45-75-69-25-13-19-31-85(69)100(3,4)92(75)54-62)81-51-44-63(55-83(81)97)105(65-39-46-76-70-26-14-20-32-86(70)101(5,6)93(76)57-65)66-40-47-77-71-27-15-21-33-87(71)102(7,8)94(77)58-66/h13-20,22-32,34-60H,21,33H2,1-12H3. The molecule has 0 atom stereocenters. The molecule has 14 aromatic rings. The van der Waals surface area contributed by atoms with Gasteiger partial charge in [0, 0.05) is 66.6 Å². The predicted octanol–water partition coefficient (Wildman–Crippen LogP) is 28.2. The number of anilines is 6. The van der Waals surface area contributed by atoms with E-state index in [2.05, 4.69) is 372 Å². The van der Waals surface area contributed by atoms with Crippen LogP contribution >= 0.6 is 0 Å². The molecule has 0 aromatic heterocycles. The lowest BCUT2D eigenvalue weighted by molar-refractivity contribution is 0.607. The maximum Gasteiger partial charge on any atom is 0.0468 e. The SMILES string of the molecule is CC1(C)C2=C(C=CCC2)c2ccc(N(c3ccc4c(c3)C(C)(C)c3ccccc3-4)c3ccc4c(-c5ccc6c(c5)C(C)(C)c5ccccc5-6)c5cc(N(c6ccc7c(c6)C(C)(C)c6ccccc6-7)c6ccc7c(c6)C(C)(C)c6ccccc6-7)ccc5c(-c5ccc6c(c5)-c5ccccc5C6(C)C)c4c3)cc21. The van der Waals surface area contributed by atoms with Crippen LogP contribution in [0.15, 0.2) is 285 Å². The summed E-state index contributed by atoms with van der Waals surface area (Å²) < 4.78 is 0. The van der Waals surface area contributed by atoms with Crippen LogP contribution in [-0.2, 0) is 32.5 Å². The number of fused-ring (bicyclic) bond motifs is 19. The molecule has 0 saturated carbocycles. The van der Waals surface area contributed by atoms with Gasteiger partial charge in [-0.05, 0) is 270 Å². The van der Waals surface area contributed by atoms with Crippen molar-refractivity contribution in [3.05, 3.63) is 351 Å². The third kappa shape index (κ3) is 8.50. The van der Waals surface area contributed by atoms with Gasteiger partial charge in [0.1, 0.15) is 0 Å². The molecule has 0 unspecified atom stereocenters. The quantitative estimate of drug-likeness (QED) is 0.140. The van der Waals surface area contributed by atoms with Crippen LogP contribution in [0, 0.1) is 0 Å². The molecular formula is C104H86N2. The first-order chi connectivity index (χ1) is 51.1. The molecule has 0 amide bonds. The zero-order chi connectivity index (χ0) is 72.0. The van der Waals surface area contributed by atoms with E-state index in [0.717, 1.165) is 47.0 Å². The van der Waals surface area contributed by atoms with E-state index in [1.54, 1.807) is 5.57 Å². The third-order valence-electron chi connectivity index (χ3n) is 27.0. The maximum absolute atomic E-state index is 2.60. The lowest BCUT2D eigenvalue weighted by Crippen LogP contribution is -2.19. The van der Waals surface area contributed by atoms with Crippen LogP contribution < -0.4 is 9.80 Å². The van der Waals surface area contributed by atoms with Crippen LogP contribution in [0.25, 0.3) is 105 Å². The van der Waals surface area contributed by atoms with Gasteiger partial charge in [-0.2, -0.15) is 0 Å². The second kappa shape index (κ2) is 21.7. The molecule has 0 fully saturated rings. The van der Waals surface area contributed by atoms with E-state index in [9.17, 15) is 0 Å². The molecule has 0 heterocycles. The van der Waals surface area contributed by atoms with Crippen molar-refractivity contribution in [2.45, 2.75) is 128 Å².